The van der Waals surface area contributed by atoms with Gasteiger partial charge < -0.3 is 10.1 Å². The van der Waals surface area contributed by atoms with Crippen molar-refractivity contribution in [3.05, 3.63) is 29.6 Å². The third-order valence-electron chi connectivity index (χ3n) is 2.50. The highest BCUT2D eigenvalue weighted by Crippen LogP contribution is 2.17. The maximum absolute atomic E-state index is 12.9. The van der Waals surface area contributed by atoms with Crippen LogP contribution >= 0.6 is 0 Å². The van der Waals surface area contributed by atoms with Crippen LogP contribution < -0.4 is 10.1 Å². The Morgan fingerprint density at radius 1 is 1.47 bits per heavy atom. The molecule has 1 aromatic rings. The van der Waals surface area contributed by atoms with Gasteiger partial charge in [-0.3, -0.25) is 9.59 Å². The first-order valence-electron chi connectivity index (χ1n) is 6.17. The van der Waals surface area contributed by atoms with Crippen LogP contribution in [0.15, 0.2) is 18.2 Å². The van der Waals surface area contributed by atoms with Gasteiger partial charge in [-0.05, 0) is 30.5 Å². The van der Waals surface area contributed by atoms with E-state index in [1.165, 1.54) is 12.1 Å². The largest absolute Gasteiger partial charge is 0.483 e. The number of carbonyl (C=O) groups is 2. The number of ether oxygens (including phenoxy) is 1. The molecule has 0 saturated carbocycles. The maximum Gasteiger partial charge on any atom is 0.257 e. The van der Waals surface area contributed by atoms with Crippen molar-refractivity contribution in [2.45, 2.75) is 20.3 Å². The molecule has 0 atom stereocenters. The second-order valence-electron chi connectivity index (χ2n) is 4.62. The summed E-state index contributed by atoms with van der Waals surface area (Å²) in [6.07, 6.45) is 1.39. The van der Waals surface area contributed by atoms with Gasteiger partial charge in [-0.25, -0.2) is 4.39 Å². The Hall–Kier alpha value is -1.91. The fraction of sp³-hybridized carbons (Fsp3) is 0.429. The summed E-state index contributed by atoms with van der Waals surface area (Å²) in [7, 11) is 0. The highest BCUT2D eigenvalue weighted by Gasteiger charge is 2.07. The predicted octanol–water partition coefficient (Wildman–Crippen LogP) is 2.18. The molecule has 0 radical (unpaired) electrons. The van der Waals surface area contributed by atoms with Crippen molar-refractivity contribution in [3.8, 4) is 5.75 Å². The average molecular weight is 267 g/mol. The van der Waals surface area contributed by atoms with Gasteiger partial charge in [-0.2, -0.15) is 0 Å². The van der Waals surface area contributed by atoms with Crippen molar-refractivity contribution in [3.63, 3.8) is 0 Å². The Bertz CT molecular complexity index is 446. The molecule has 19 heavy (non-hydrogen) atoms. The highest BCUT2D eigenvalue weighted by atomic mass is 19.1. The van der Waals surface area contributed by atoms with Crippen molar-refractivity contribution >= 4 is 12.2 Å². The van der Waals surface area contributed by atoms with E-state index in [2.05, 4.69) is 19.2 Å². The second-order valence-corrected chi connectivity index (χ2v) is 4.62. The summed E-state index contributed by atoms with van der Waals surface area (Å²) in [4.78, 5) is 22.2. The van der Waals surface area contributed by atoms with Crippen molar-refractivity contribution in [2.24, 2.45) is 5.92 Å². The van der Waals surface area contributed by atoms with Crippen LogP contribution in [-0.2, 0) is 4.79 Å². The summed E-state index contributed by atoms with van der Waals surface area (Å²) in [5.41, 5.74) is 0.0926. The predicted molar refractivity (Wildman–Crippen MR) is 69.7 cm³/mol. The van der Waals surface area contributed by atoms with Crippen LogP contribution in [0, 0.1) is 11.7 Å². The molecule has 0 aromatic heterocycles. The summed E-state index contributed by atoms with van der Waals surface area (Å²) in [5.74, 6) is -0.0620. The minimum Gasteiger partial charge on any atom is -0.483 e. The van der Waals surface area contributed by atoms with Gasteiger partial charge in [0, 0.05) is 6.54 Å². The van der Waals surface area contributed by atoms with Crippen LogP contribution in [0.5, 0.6) is 5.75 Å². The summed E-state index contributed by atoms with van der Waals surface area (Å²) < 4.78 is 18.1. The van der Waals surface area contributed by atoms with E-state index in [0.29, 0.717) is 18.7 Å². The van der Waals surface area contributed by atoms with Gasteiger partial charge >= 0.3 is 0 Å². The monoisotopic (exact) mass is 267 g/mol. The van der Waals surface area contributed by atoms with E-state index in [1.807, 2.05) is 0 Å². The number of aldehydes is 1. The molecule has 104 valence electrons. The van der Waals surface area contributed by atoms with Gasteiger partial charge in [0.1, 0.15) is 11.6 Å². The molecule has 1 aromatic carbocycles. The maximum atomic E-state index is 12.9. The Labute approximate surface area is 112 Å². The molecule has 0 saturated heterocycles. The van der Waals surface area contributed by atoms with Gasteiger partial charge in [-0.1, -0.05) is 13.8 Å². The highest BCUT2D eigenvalue weighted by molar-refractivity contribution is 5.80. The lowest BCUT2D eigenvalue weighted by molar-refractivity contribution is -0.123. The molecule has 1 amide bonds. The van der Waals surface area contributed by atoms with Gasteiger partial charge in [0.25, 0.3) is 5.91 Å². The fourth-order valence-corrected chi connectivity index (χ4v) is 1.44. The van der Waals surface area contributed by atoms with Crippen LogP contribution in [0.3, 0.4) is 0 Å². The van der Waals surface area contributed by atoms with Crippen LogP contribution in [0.2, 0.25) is 0 Å². The molecule has 0 spiro atoms. The van der Waals surface area contributed by atoms with Crippen molar-refractivity contribution < 1.29 is 18.7 Å². The van der Waals surface area contributed by atoms with E-state index < -0.39 is 5.82 Å². The smallest absolute Gasteiger partial charge is 0.257 e. The van der Waals surface area contributed by atoms with Gasteiger partial charge in [-0.15, -0.1) is 0 Å². The molecule has 0 fully saturated rings. The number of hydrogen-bond donors (Lipinski definition) is 1. The molecule has 0 heterocycles. The van der Waals surface area contributed by atoms with E-state index >= 15 is 0 Å². The molecule has 4 nitrogen and oxygen atoms in total. The lowest BCUT2D eigenvalue weighted by Gasteiger charge is -2.10. The van der Waals surface area contributed by atoms with Crippen molar-refractivity contribution in [1.82, 2.24) is 5.32 Å². The minimum atomic E-state index is -0.518. The zero-order valence-corrected chi connectivity index (χ0v) is 11.1. The Morgan fingerprint density at radius 2 is 2.21 bits per heavy atom. The molecule has 0 bridgehead atoms. The van der Waals surface area contributed by atoms with Crippen LogP contribution in [0.4, 0.5) is 4.39 Å². The zero-order chi connectivity index (χ0) is 14.3. The second kappa shape index (κ2) is 7.51. The number of rotatable bonds is 7. The average Bonchev–Trinajstić information content (AvgIpc) is 2.36. The summed E-state index contributed by atoms with van der Waals surface area (Å²) in [5, 5.41) is 2.71. The molecule has 1 N–H and O–H groups in total. The molecular weight excluding hydrogens is 249 g/mol. The van der Waals surface area contributed by atoms with Crippen molar-refractivity contribution in [2.75, 3.05) is 13.2 Å². The van der Waals surface area contributed by atoms with E-state index in [4.69, 9.17) is 4.74 Å². The number of halogens is 1. The fourth-order valence-electron chi connectivity index (χ4n) is 1.44. The summed E-state index contributed by atoms with van der Waals surface area (Å²) in [6.45, 7) is 4.53. The lowest BCUT2D eigenvalue weighted by atomic mass is 10.1. The molecular formula is C14H18FNO3. The number of carbonyl (C=O) groups excluding carboxylic acids is 2. The lowest BCUT2D eigenvalue weighted by Crippen LogP contribution is -2.30. The summed E-state index contributed by atoms with van der Waals surface area (Å²) in [6, 6.07) is 3.58. The first kappa shape index (κ1) is 15.1. The molecule has 1 rings (SSSR count). The number of nitrogens with one attached hydrogen (secondary N) is 1. The quantitative estimate of drug-likeness (QED) is 0.770. The SMILES string of the molecule is CC(C)CCNC(=O)COc1ccc(F)cc1C=O. The van der Waals surface area contributed by atoms with E-state index in [0.717, 1.165) is 12.5 Å². The minimum absolute atomic E-state index is 0.0926. The van der Waals surface area contributed by atoms with Gasteiger partial charge in [0.05, 0.1) is 5.56 Å². The van der Waals surface area contributed by atoms with Gasteiger partial charge in [0.2, 0.25) is 0 Å². The van der Waals surface area contributed by atoms with Crippen molar-refractivity contribution in [1.29, 1.82) is 0 Å². The number of benzene rings is 1. The Balaban J connectivity index is 2.44. The number of hydrogen-bond acceptors (Lipinski definition) is 3. The third-order valence-corrected chi connectivity index (χ3v) is 2.50. The van der Waals surface area contributed by atoms with E-state index in [9.17, 15) is 14.0 Å². The molecule has 0 aliphatic heterocycles. The Morgan fingerprint density at radius 3 is 2.84 bits per heavy atom. The van der Waals surface area contributed by atoms with Crippen LogP contribution in [0.25, 0.3) is 0 Å². The van der Waals surface area contributed by atoms with E-state index in [1.54, 1.807) is 0 Å². The standard InChI is InChI=1S/C14H18FNO3/c1-10(2)5-6-16-14(18)9-19-13-4-3-12(15)7-11(13)8-17/h3-4,7-8,10H,5-6,9H2,1-2H3,(H,16,18). The van der Waals surface area contributed by atoms with Crippen LogP contribution in [-0.4, -0.2) is 25.3 Å². The van der Waals surface area contributed by atoms with Crippen LogP contribution in [0.1, 0.15) is 30.6 Å². The Kier molecular flexibility index (Phi) is 5.99. The molecule has 0 aliphatic carbocycles. The first-order chi connectivity index (χ1) is 9.02. The third kappa shape index (κ3) is 5.50. The number of amides is 1. The van der Waals surface area contributed by atoms with Gasteiger partial charge in [0.15, 0.2) is 12.9 Å². The topological polar surface area (TPSA) is 55.4 Å². The first-order valence-corrected chi connectivity index (χ1v) is 6.17. The van der Waals surface area contributed by atoms with E-state index in [-0.39, 0.29) is 23.8 Å². The zero-order valence-electron chi connectivity index (χ0n) is 11.1. The molecule has 0 aliphatic rings. The normalized spacial score (nSPS) is 10.3. The molecule has 0 unspecified atom stereocenters. The molecule has 5 heteroatoms. The summed E-state index contributed by atoms with van der Waals surface area (Å²) >= 11 is 0.